The quantitative estimate of drug-likeness (QED) is 0.749. The summed E-state index contributed by atoms with van der Waals surface area (Å²) < 4.78 is 0. The first-order valence-corrected chi connectivity index (χ1v) is 4.69. The SMILES string of the molecule is C[C@@H]1C[C@H]1Nc1cnccc1C(N)=O. The Morgan fingerprint density at radius 3 is 3.00 bits per heavy atom. The van der Waals surface area contributed by atoms with Gasteiger partial charge in [0.05, 0.1) is 17.4 Å². The van der Waals surface area contributed by atoms with Gasteiger partial charge in [-0.1, -0.05) is 6.92 Å². The molecular weight excluding hydrogens is 178 g/mol. The molecule has 2 atom stereocenters. The maximum absolute atomic E-state index is 11.1. The Bertz CT molecular complexity index is 364. The first kappa shape index (κ1) is 8.99. The third-order valence-electron chi connectivity index (χ3n) is 2.54. The molecule has 0 aromatic carbocycles. The van der Waals surface area contributed by atoms with Crippen molar-refractivity contribution in [2.75, 3.05) is 5.32 Å². The molecule has 1 aliphatic rings. The van der Waals surface area contributed by atoms with Crippen molar-refractivity contribution in [3.8, 4) is 0 Å². The predicted molar refractivity (Wildman–Crippen MR) is 53.9 cm³/mol. The zero-order valence-electron chi connectivity index (χ0n) is 8.03. The van der Waals surface area contributed by atoms with Crippen LogP contribution in [0.15, 0.2) is 18.5 Å². The van der Waals surface area contributed by atoms with E-state index in [1.54, 1.807) is 18.5 Å². The molecule has 14 heavy (non-hydrogen) atoms. The summed E-state index contributed by atoms with van der Waals surface area (Å²) in [6.07, 6.45) is 4.36. The second-order valence-electron chi connectivity index (χ2n) is 3.75. The summed E-state index contributed by atoms with van der Waals surface area (Å²) in [5.74, 6) is 0.263. The zero-order chi connectivity index (χ0) is 10.1. The van der Waals surface area contributed by atoms with Crippen LogP contribution in [0, 0.1) is 5.92 Å². The van der Waals surface area contributed by atoms with E-state index in [2.05, 4.69) is 17.2 Å². The standard InChI is InChI=1S/C10H13N3O/c1-6-4-8(6)13-9-5-12-3-2-7(9)10(11)14/h2-3,5-6,8,13H,4H2,1H3,(H2,11,14)/t6-,8-/m1/s1. The van der Waals surface area contributed by atoms with E-state index in [0.29, 0.717) is 17.5 Å². The molecule has 3 N–H and O–H groups in total. The van der Waals surface area contributed by atoms with Gasteiger partial charge in [-0.2, -0.15) is 0 Å². The lowest BCUT2D eigenvalue weighted by atomic mass is 10.2. The fourth-order valence-corrected chi connectivity index (χ4v) is 1.45. The summed E-state index contributed by atoms with van der Waals surface area (Å²) in [5, 5.41) is 3.25. The van der Waals surface area contributed by atoms with Crippen LogP contribution in [-0.2, 0) is 0 Å². The highest BCUT2D eigenvalue weighted by molar-refractivity contribution is 5.98. The molecule has 1 amide bonds. The van der Waals surface area contributed by atoms with Crippen LogP contribution in [0.2, 0.25) is 0 Å². The highest BCUT2D eigenvalue weighted by atomic mass is 16.1. The highest BCUT2D eigenvalue weighted by Gasteiger charge is 2.32. The fourth-order valence-electron chi connectivity index (χ4n) is 1.45. The number of anilines is 1. The number of rotatable bonds is 3. The minimum absolute atomic E-state index is 0.414. The van der Waals surface area contributed by atoms with Crippen molar-refractivity contribution < 1.29 is 4.79 Å². The average molecular weight is 191 g/mol. The number of hydrogen-bond donors (Lipinski definition) is 2. The Morgan fingerprint density at radius 1 is 1.71 bits per heavy atom. The Kier molecular flexibility index (Phi) is 2.11. The summed E-state index contributed by atoms with van der Waals surface area (Å²) in [4.78, 5) is 15.0. The Hall–Kier alpha value is -1.58. The molecule has 1 fully saturated rings. The predicted octanol–water partition coefficient (Wildman–Crippen LogP) is 1.00. The molecule has 1 saturated carbocycles. The van der Waals surface area contributed by atoms with Crippen molar-refractivity contribution in [3.63, 3.8) is 0 Å². The van der Waals surface area contributed by atoms with Gasteiger partial charge in [0.2, 0.25) is 0 Å². The van der Waals surface area contributed by atoms with Gasteiger partial charge in [-0.15, -0.1) is 0 Å². The molecule has 1 aromatic rings. The van der Waals surface area contributed by atoms with Crippen LogP contribution < -0.4 is 11.1 Å². The van der Waals surface area contributed by atoms with Crippen LogP contribution in [0.5, 0.6) is 0 Å². The van der Waals surface area contributed by atoms with Gasteiger partial charge >= 0.3 is 0 Å². The number of amides is 1. The monoisotopic (exact) mass is 191 g/mol. The first-order chi connectivity index (χ1) is 6.68. The van der Waals surface area contributed by atoms with E-state index in [9.17, 15) is 4.79 Å². The first-order valence-electron chi connectivity index (χ1n) is 4.69. The summed E-state index contributed by atoms with van der Waals surface area (Å²) in [5.41, 5.74) is 6.50. The van der Waals surface area contributed by atoms with Gasteiger partial charge in [-0.05, 0) is 18.4 Å². The lowest BCUT2D eigenvalue weighted by molar-refractivity contribution is 0.100. The summed E-state index contributed by atoms with van der Waals surface area (Å²) in [7, 11) is 0. The van der Waals surface area contributed by atoms with E-state index in [1.807, 2.05) is 0 Å². The molecule has 4 heteroatoms. The molecular formula is C10H13N3O. The van der Waals surface area contributed by atoms with Crippen molar-refractivity contribution in [3.05, 3.63) is 24.0 Å². The van der Waals surface area contributed by atoms with Gasteiger partial charge in [0.1, 0.15) is 0 Å². The van der Waals surface area contributed by atoms with Gasteiger partial charge < -0.3 is 11.1 Å². The number of carbonyl (C=O) groups is 1. The van der Waals surface area contributed by atoms with Gasteiger partial charge in [0.25, 0.3) is 5.91 Å². The number of hydrogen-bond acceptors (Lipinski definition) is 3. The number of nitrogens with one attached hydrogen (secondary N) is 1. The van der Waals surface area contributed by atoms with E-state index >= 15 is 0 Å². The van der Waals surface area contributed by atoms with E-state index < -0.39 is 5.91 Å². The molecule has 1 aliphatic carbocycles. The lowest BCUT2D eigenvalue weighted by Crippen LogP contribution is -2.15. The van der Waals surface area contributed by atoms with Crippen LogP contribution in [0.1, 0.15) is 23.7 Å². The van der Waals surface area contributed by atoms with Gasteiger partial charge in [-0.3, -0.25) is 9.78 Å². The lowest BCUT2D eigenvalue weighted by Gasteiger charge is -2.07. The van der Waals surface area contributed by atoms with E-state index in [0.717, 1.165) is 12.1 Å². The van der Waals surface area contributed by atoms with Gasteiger partial charge in [0.15, 0.2) is 0 Å². The van der Waals surface area contributed by atoms with E-state index in [-0.39, 0.29) is 0 Å². The molecule has 0 spiro atoms. The Balaban J connectivity index is 2.19. The summed E-state index contributed by atoms with van der Waals surface area (Å²) in [6, 6.07) is 2.11. The molecule has 0 aliphatic heterocycles. The van der Waals surface area contributed by atoms with E-state index in [1.165, 1.54) is 0 Å². The van der Waals surface area contributed by atoms with Crippen LogP contribution in [0.3, 0.4) is 0 Å². The second-order valence-corrected chi connectivity index (χ2v) is 3.75. The van der Waals surface area contributed by atoms with Crippen molar-refractivity contribution >= 4 is 11.6 Å². The van der Waals surface area contributed by atoms with Crippen molar-refractivity contribution in [1.82, 2.24) is 4.98 Å². The number of nitrogens with two attached hydrogens (primary N) is 1. The van der Waals surface area contributed by atoms with Crippen LogP contribution in [0.4, 0.5) is 5.69 Å². The number of pyridine rings is 1. The van der Waals surface area contributed by atoms with Gasteiger partial charge in [-0.25, -0.2) is 0 Å². The molecule has 4 nitrogen and oxygen atoms in total. The number of aromatic nitrogens is 1. The molecule has 0 bridgehead atoms. The van der Waals surface area contributed by atoms with E-state index in [4.69, 9.17) is 5.73 Å². The Labute approximate surface area is 82.5 Å². The van der Waals surface area contributed by atoms with Crippen LogP contribution in [-0.4, -0.2) is 16.9 Å². The minimum atomic E-state index is -0.414. The highest BCUT2D eigenvalue weighted by Crippen LogP contribution is 2.33. The maximum atomic E-state index is 11.1. The molecule has 1 heterocycles. The molecule has 2 rings (SSSR count). The van der Waals surface area contributed by atoms with Crippen LogP contribution in [0.25, 0.3) is 0 Å². The van der Waals surface area contributed by atoms with Crippen molar-refractivity contribution in [1.29, 1.82) is 0 Å². The molecule has 74 valence electrons. The van der Waals surface area contributed by atoms with Crippen LogP contribution >= 0.6 is 0 Å². The largest absolute Gasteiger partial charge is 0.380 e. The van der Waals surface area contributed by atoms with Crippen molar-refractivity contribution in [2.45, 2.75) is 19.4 Å². The van der Waals surface area contributed by atoms with Gasteiger partial charge in [0, 0.05) is 12.2 Å². The van der Waals surface area contributed by atoms with Crippen molar-refractivity contribution in [2.24, 2.45) is 11.7 Å². The number of primary amides is 1. The fraction of sp³-hybridized carbons (Fsp3) is 0.400. The molecule has 0 unspecified atom stereocenters. The summed E-state index contributed by atoms with van der Waals surface area (Å²) >= 11 is 0. The third kappa shape index (κ3) is 1.69. The topological polar surface area (TPSA) is 68.0 Å². The number of carbonyl (C=O) groups excluding carboxylic acids is 1. The smallest absolute Gasteiger partial charge is 0.250 e. The second kappa shape index (κ2) is 3.29. The average Bonchev–Trinajstić information content (AvgIpc) is 2.82. The molecule has 1 aromatic heterocycles. The third-order valence-corrected chi connectivity index (χ3v) is 2.54. The Morgan fingerprint density at radius 2 is 2.43 bits per heavy atom. The number of nitrogens with zero attached hydrogens (tertiary/aromatic N) is 1. The normalized spacial score (nSPS) is 24.4. The zero-order valence-corrected chi connectivity index (χ0v) is 8.03. The molecule has 0 radical (unpaired) electrons. The summed E-state index contributed by atoms with van der Waals surface area (Å²) in [6.45, 7) is 2.16. The minimum Gasteiger partial charge on any atom is -0.380 e. The molecule has 0 saturated heterocycles. The maximum Gasteiger partial charge on any atom is 0.250 e.